The molecule has 0 aliphatic carbocycles. The van der Waals surface area contributed by atoms with Crippen LogP contribution in [0, 0.1) is 0 Å². The van der Waals surface area contributed by atoms with Gasteiger partial charge in [0.15, 0.2) is 0 Å². The Morgan fingerprint density at radius 3 is 1.13 bits per heavy atom. The molecule has 0 aromatic heterocycles. The van der Waals surface area contributed by atoms with E-state index in [1.807, 2.05) is 0 Å². The van der Waals surface area contributed by atoms with Crippen molar-refractivity contribution in [1.82, 2.24) is 0 Å². The molecule has 0 atom stereocenters. The Bertz CT molecular complexity index is 386. The van der Waals surface area contributed by atoms with E-state index in [2.05, 4.69) is 0 Å². The van der Waals surface area contributed by atoms with E-state index in [1.165, 1.54) is 0 Å². The Morgan fingerprint density at radius 2 is 1.00 bits per heavy atom. The first-order chi connectivity index (χ1) is 6.21. The molecule has 0 unspecified atom stereocenters. The van der Waals surface area contributed by atoms with Gasteiger partial charge in [0, 0.05) is 13.8 Å². The third kappa shape index (κ3) is 3.53. The van der Waals surface area contributed by atoms with Crippen molar-refractivity contribution in [2.45, 2.75) is 24.4 Å². The zero-order valence-electron chi connectivity index (χ0n) is 7.46. The van der Waals surface area contributed by atoms with E-state index in [4.69, 9.17) is 0 Å². The Balaban J connectivity index is 5.28. The van der Waals surface area contributed by atoms with Gasteiger partial charge in [-0.2, -0.15) is 17.6 Å². The van der Waals surface area contributed by atoms with Crippen molar-refractivity contribution in [2.75, 3.05) is 0 Å². The molecule has 0 radical (unpaired) electrons. The van der Waals surface area contributed by atoms with E-state index in [0.29, 0.717) is 0 Å². The summed E-state index contributed by atoms with van der Waals surface area (Å²) < 4.78 is 92.0. The van der Waals surface area contributed by atoms with E-state index in [1.54, 1.807) is 0 Å². The first-order valence-electron chi connectivity index (χ1n) is 3.24. The van der Waals surface area contributed by atoms with Gasteiger partial charge in [0.2, 0.25) is 18.9 Å². The van der Waals surface area contributed by atoms with E-state index >= 15 is 0 Å². The van der Waals surface area contributed by atoms with Crippen LogP contribution in [0.3, 0.4) is 0 Å². The van der Waals surface area contributed by atoms with Crippen molar-refractivity contribution in [3.05, 3.63) is 0 Å². The fourth-order valence-corrected chi connectivity index (χ4v) is 7.85. The zero-order valence-corrected chi connectivity index (χ0v) is 10.1. The summed E-state index contributed by atoms with van der Waals surface area (Å²) >= 11 is 0. The Morgan fingerprint density at radius 1 is 0.800 bits per heavy atom. The van der Waals surface area contributed by atoms with Crippen LogP contribution in [0.1, 0.15) is 13.8 Å². The van der Waals surface area contributed by atoms with Crippen molar-refractivity contribution < 1.29 is 34.4 Å². The van der Waals surface area contributed by atoms with E-state index in [0.717, 1.165) is 0 Å². The zero-order chi connectivity index (χ0) is 12.7. The van der Waals surface area contributed by atoms with Crippen molar-refractivity contribution >= 4 is 25.9 Å². The second-order valence-corrected chi connectivity index (χ2v) is 11.5. The van der Waals surface area contributed by atoms with Crippen LogP contribution in [0.25, 0.3) is 0 Å². The van der Waals surface area contributed by atoms with Crippen molar-refractivity contribution in [1.29, 1.82) is 0 Å². The highest BCUT2D eigenvalue weighted by atomic mass is 33.1. The van der Waals surface area contributed by atoms with Gasteiger partial charge in [-0.05, 0) is 0 Å². The first kappa shape index (κ1) is 15.0. The second-order valence-electron chi connectivity index (χ2n) is 2.71. The van der Waals surface area contributed by atoms with E-state index in [9.17, 15) is 34.4 Å². The fourth-order valence-electron chi connectivity index (χ4n) is 0.291. The molecule has 0 aromatic rings. The molecule has 0 rings (SSSR count). The molecule has 0 aliphatic rings. The van der Waals surface area contributed by atoms with Gasteiger partial charge in [-0.1, -0.05) is 0 Å². The van der Waals surface area contributed by atoms with Crippen LogP contribution in [-0.2, 0) is 18.9 Å². The summed E-state index contributed by atoms with van der Waals surface area (Å²) in [5, 5.41) is -8.71. The van der Waals surface area contributed by atoms with Gasteiger partial charge in [0.25, 0.3) is 0 Å². The fraction of sp³-hybridized carbons (Fsp3) is 1.00. The topological polar surface area (TPSA) is 68.3 Å². The molecule has 0 N–H and O–H groups in total. The Hall–Kier alpha value is 0.0500. The second kappa shape index (κ2) is 3.81. The molecule has 92 valence electrons. The number of alkyl halides is 4. The summed E-state index contributed by atoms with van der Waals surface area (Å²) in [4.78, 5) is 0. The van der Waals surface area contributed by atoms with Crippen LogP contribution < -0.4 is 0 Å². The van der Waals surface area contributed by atoms with Crippen molar-refractivity contribution in [2.24, 2.45) is 0 Å². The molecule has 0 aliphatic heterocycles. The van der Waals surface area contributed by atoms with Gasteiger partial charge >= 0.3 is 10.5 Å². The minimum Gasteiger partial charge on any atom is -0.218 e. The van der Waals surface area contributed by atoms with Gasteiger partial charge in [0.1, 0.15) is 6.98 Å². The third-order valence-electron chi connectivity index (χ3n) is 1.16. The molecule has 11 heteroatoms. The molecule has 0 saturated carbocycles. The maximum Gasteiger partial charge on any atom is 0.347 e. The van der Waals surface area contributed by atoms with Crippen LogP contribution >= 0.6 is 6.98 Å². The Labute approximate surface area is 85.2 Å². The molecule has 15 heavy (non-hydrogen) atoms. The van der Waals surface area contributed by atoms with Gasteiger partial charge < -0.3 is 0 Å². The maximum absolute atomic E-state index is 12.3. The molecule has 0 heterocycles. The standard InChI is InChI=1S/C4H7F4O4PS2/c1-3(5,6)14(9,10)13-15(11,12)4(2,7)8/h13H,1-2H3. The van der Waals surface area contributed by atoms with Crippen LogP contribution in [-0.4, -0.2) is 27.3 Å². The molecule has 0 amide bonds. The molecule has 4 nitrogen and oxygen atoms in total. The monoisotopic (exact) mass is 290 g/mol. The van der Waals surface area contributed by atoms with Gasteiger partial charge in [-0.3, -0.25) is 0 Å². The average Bonchev–Trinajstić information content (AvgIpc) is 1.77. The lowest BCUT2D eigenvalue weighted by Gasteiger charge is -2.14. The number of hydrogen-bond acceptors (Lipinski definition) is 4. The van der Waals surface area contributed by atoms with Crippen LogP contribution in [0.2, 0.25) is 0 Å². The summed E-state index contributed by atoms with van der Waals surface area (Å²) in [6, 6.07) is 0. The molecule has 0 aromatic carbocycles. The summed E-state index contributed by atoms with van der Waals surface area (Å²) in [5.41, 5.74) is 0. The molecule has 0 saturated heterocycles. The molecular formula is C4H7F4O4PS2. The van der Waals surface area contributed by atoms with Crippen molar-refractivity contribution in [3.63, 3.8) is 0 Å². The predicted octanol–water partition coefficient (Wildman–Crippen LogP) is 1.55. The number of rotatable bonds is 4. The highest BCUT2D eigenvalue weighted by Gasteiger charge is 2.49. The maximum atomic E-state index is 12.3. The lowest BCUT2D eigenvalue weighted by molar-refractivity contribution is 0.116. The van der Waals surface area contributed by atoms with Gasteiger partial charge in [-0.15, -0.1) is 0 Å². The minimum atomic E-state index is -5.41. The lowest BCUT2D eigenvalue weighted by atomic mass is 10.9. The molecule has 0 bridgehead atoms. The van der Waals surface area contributed by atoms with Gasteiger partial charge in [0.05, 0.1) is 0 Å². The third-order valence-corrected chi connectivity index (χ3v) is 10.9. The number of halogens is 4. The first-order valence-corrected chi connectivity index (χ1v) is 8.65. The van der Waals surface area contributed by atoms with Crippen molar-refractivity contribution in [3.8, 4) is 0 Å². The van der Waals surface area contributed by atoms with Crippen LogP contribution in [0.15, 0.2) is 0 Å². The lowest BCUT2D eigenvalue weighted by Crippen LogP contribution is -2.27. The highest BCUT2D eigenvalue weighted by molar-refractivity contribution is 8.76. The Kier molecular flexibility index (Phi) is 3.83. The average molecular weight is 290 g/mol. The largest absolute Gasteiger partial charge is 0.347 e. The highest BCUT2D eigenvalue weighted by Crippen LogP contribution is 2.45. The molecular weight excluding hydrogens is 283 g/mol. The summed E-state index contributed by atoms with van der Waals surface area (Å²) in [6.45, 7) is -2.71. The SMILES string of the molecule is CC(F)(F)S(=O)(=O)PS(=O)(=O)C(C)(F)F. The molecule has 0 spiro atoms. The summed E-state index contributed by atoms with van der Waals surface area (Å²) in [7, 11) is -10.8. The van der Waals surface area contributed by atoms with Crippen LogP contribution in [0.4, 0.5) is 17.6 Å². The van der Waals surface area contributed by atoms with Crippen LogP contribution in [0.5, 0.6) is 0 Å². The predicted molar refractivity (Wildman–Crippen MR) is 47.4 cm³/mol. The summed E-state index contributed by atoms with van der Waals surface area (Å²) in [6.07, 6.45) is 0. The smallest absolute Gasteiger partial charge is 0.218 e. The molecule has 0 fully saturated rings. The van der Waals surface area contributed by atoms with Gasteiger partial charge in [-0.25, -0.2) is 16.8 Å². The van der Waals surface area contributed by atoms with E-state index < -0.39 is 36.4 Å². The number of hydrogen-bond donors (Lipinski definition) is 0. The normalized spacial score (nSPS) is 15.3. The minimum absolute atomic E-state index is 0.0708. The van der Waals surface area contributed by atoms with E-state index in [-0.39, 0.29) is 13.8 Å². The summed E-state index contributed by atoms with van der Waals surface area (Å²) in [5.74, 6) is 0. The quantitative estimate of drug-likeness (QED) is 0.582.